The van der Waals surface area contributed by atoms with Gasteiger partial charge in [-0.2, -0.15) is 0 Å². The van der Waals surface area contributed by atoms with Gasteiger partial charge >= 0.3 is 0 Å². The number of aryl methyl sites for hydroxylation is 1. The van der Waals surface area contributed by atoms with Crippen molar-refractivity contribution in [1.82, 2.24) is 4.98 Å². The summed E-state index contributed by atoms with van der Waals surface area (Å²) < 4.78 is 0. The average molecular weight is 218 g/mol. The molecule has 1 aromatic heterocycles. The highest BCUT2D eigenvalue weighted by Gasteiger charge is 2.06. The Kier molecular flexibility index (Phi) is 3.02. The molecule has 2 rings (SSSR count). The van der Waals surface area contributed by atoms with Crippen molar-refractivity contribution < 1.29 is 0 Å². The molecule has 0 radical (unpaired) electrons. The molecule has 1 heterocycles. The van der Waals surface area contributed by atoms with Gasteiger partial charge in [0.25, 0.3) is 0 Å². The van der Waals surface area contributed by atoms with Crippen LogP contribution in [-0.2, 0) is 6.42 Å². The van der Waals surface area contributed by atoms with E-state index in [9.17, 15) is 0 Å². The SMILES string of the molecule is CCc1ccccc1-c1cnc(NC)s1. The van der Waals surface area contributed by atoms with Crippen molar-refractivity contribution in [2.45, 2.75) is 13.3 Å². The van der Waals surface area contributed by atoms with Crippen molar-refractivity contribution >= 4 is 16.5 Å². The Balaban J connectivity index is 2.44. The summed E-state index contributed by atoms with van der Waals surface area (Å²) >= 11 is 1.69. The van der Waals surface area contributed by atoms with Gasteiger partial charge in [0.05, 0.1) is 4.88 Å². The van der Waals surface area contributed by atoms with E-state index in [-0.39, 0.29) is 0 Å². The summed E-state index contributed by atoms with van der Waals surface area (Å²) in [6, 6.07) is 8.50. The van der Waals surface area contributed by atoms with E-state index in [0.29, 0.717) is 0 Å². The molecule has 0 spiro atoms. The topological polar surface area (TPSA) is 24.9 Å². The Bertz CT molecular complexity index is 448. The molecule has 0 unspecified atom stereocenters. The maximum atomic E-state index is 4.29. The highest BCUT2D eigenvalue weighted by molar-refractivity contribution is 7.18. The number of hydrogen-bond donors (Lipinski definition) is 1. The number of hydrogen-bond acceptors (Lipinski definition) is 3. The molecule has 15 heavy (non-hydrogen) atoms. The molecule has 0 aliphatic heterocycles. The first-order valence-corrected chi connectivity index (χ1v) is 5.88. The third-order valence-corrected chi connectivity index (χ3v) is 3.43. The van der Waals surface area contributed by atoms with Gasteiger partial charge in [-0.15, -0.1) is 0 Å². The van der Waals surface area contributed by atoms with E-state index in [1.54, 1.807) is 11.3 Å². The van der Waals surface area contributed by atoms with Crippen molar-refractivity contribution in [1.29, 1.82) is 0 Å². The Labute approximate surface area is 94.0 Å². The zero-order valence-corrected chi connectivity index (χ0v) is 9.77. The van der Waals surface area contributed by atoms with E-state index in [4.69, 9.17) is 0 Å². The van der Waals surface area contributed by atoms with Crippen molar-refractivity contribution in [3.8, 4) is 10.4 Å². The fourth-order valence-corrected chi connectivity index (χ4v) is 2.41. The van der Waals surface area contributed by atoms with Gasteiger partial charge in [0.2, 0.25) is 0 Å². The Morgan fingerprint density at radius 1 is 1.33 bits per heavy atom. The van der Waals surface area contributed by atoms with E-state index in [2.05, 4.69) is 41.5 Å². The first-order valence-electron chi connectivity index (χ1n) is 5.07. The Morgan fingerprint density at radius 2 is 2.13 bits per heavy atom. The molecule has 0 atom stereocenters. The number of rotatable bonds is 3. The van der Waals surface area contributed by atoms with Crippen LogP contribution in [0.25, 0.3) is 10.4 Å². The normalized spacial score (nSPS) is 10.3. The van der Waals surface area contributed by atoms with Gasteiger partial charge in [-0.1, -0.05) is 42.5 Å². The molecule has 0 saturated heterocycles. The standard InChI is InChI=1S/C12H14N2S/c1-3-9-6-4-5-7-10(9)11-8-14-12(13-2)15-11/h4-8H,3H2,1-2H3,(H,13,14). The first-order chi connectivity index (χ1) is 7.35. The largest absolute Gasteiger partial charge is 0.365 e. The van der Waals surface area contributed by atoms with Crippen LogP contribution in [0.1, 0.15) is 12.5 Å². The minimum atomic E-state index is 0.968. The molecule has 2 aromatic rings. The highest BCUT2D eigenvalue weighted by atomic mass is 32.1. The van der Waals surface area contributed by atoms with Crippen molar-refractivity contribution in [2.75, 3.05) is 12.4 Å². The number of thiazole rings is 1. The molecular weight excluding hydrogens is 204 g/mol. The van der Waals surface area contributed by atoms with Crippen LogP contribution in [0.4, 0.5) is 5.13 Å². The monoisotopic (exact) mass is 218 g/mol. The predicted molar refractivity (Wildman–Crippen MR) is 66.5 cm³/mol. The van der Waals surface area contributed by atoms with Gasteiger partial charge in [0.15, 0.2) is 5.13 Å². The molecule has 1 N–H and O–H groups in total. The fraction of sp³-hybridized carbons (Fsp3) is 0.250. The molecule has 0 fully saturated rings. The van der Waals surface area contributed by atoms with Crippen LogP contribution < -0.4 is 5.32 Å². The molecule has 3 heteroatoms. The lowest BCUT2D eigenvalue weighted by Crippen LogP contribution is -1.84. The van der Waals surface area contributed by atoms with E-state index in [1.807, 2.05) is 13.2 Å². The maximum Gasteiger partial charge on any atom is 0.182 e. The number of benzene rings is 1. The molecule has 2 nitrogen and oxygen atoms in total. The first kappa shape index (κ1) is 10.2. The van der Waals surface area contributed by atoms with Gasteiger partial charge < -0.3 is 5.32 Å². The van der Waals surface area contributed by atoms with Crippen molar-refractivity contribution in [2.24, 2.45) is 0 Å². The molecule has 0 aliphatic rings. The number of nitrogens with zero attached hydrogens (tertiary/aromatic N) is 1. The molecule has 0 amide bonds. The number of anilines is 1. The predicted octanol–water partition coefficient (Wildman–Crippen LogP) is 3.41. The van der Waals surface area contributed by atoms with E-state index in [1.165, 1.54) is 16.0 Å². The van der Waals surface area contributed by atoms with Gasteiger partial charge in [0, 0.05) is 13.2 Å². The smallest absolute Gasteiger partial charge is 0.182 e. The summed E-state index contributed by atoms with van der Waals surface area (Å²) in [6.07, 6.45) is 2.99. The summed E-state index contributed by atoms with van der Waals surface area (Å²) in [6.45, 7) is 2.18. The number of nitrogens with one attached hydrogen (secondary N) is 1. The second-order valence-electron chi connectivity index (χ2n) is 3.29. The molecule has 78 valence electrons. The maximum absolute atomic E-state index is 4.29. The van der Waals surface area contributed by atoms with Gasteiger partial charge in [-0.3, -0.25) is 0 Å². The summed E-state index contributed by atoms with van der Waals surface area (Å²) in [5.74, 6) is 0. The van der Waals surface area contributed by atoms with Crippen LogP contribution in [-0.4, -0.2) is 12.0 Å². The van der Waals surface area contributed by atoms with Crippen LogP contribution in [0.15, 0.2) is 30.5 Å². The summed E-state index contributed by atoms with van der Waals surface area (Å²) in [5, 5.41) is 4.03. The zero-order valence-electron chi connectivity index (χ0n) is 8.95. The van der Waals surface area contributed by atoms with Crippen LogP contribution in [0.2, 0.25) is 0 Å². The summed E-state index contributed by atoms with van der Waals surface area (Å²) in [5.41, 5.74) is 2.68. The second-order valence-corrected chi connectivity index (χ2v) is 4.32. The van der Waals surface area contributed by atoms with Gasteiger partial charge in [0.1, 0.15) is 0 Å². The number of aromatic nitrogens is 1. The van der Waals surface area contributed by atoms with Gasteiger partial charge in [-0.25, -0.2) is 4.98 Å². The molecule has 1 aromatic carbocycles. The average Bonchev–Trinajstić information content (AvgIpc) is 2.77. The van der Waals surface area contributed by atoms with Crippen LogP contribution in [0.3, 0.4) is 0 Å². The highest BCUT2D eigenvalue weighted by Crippen LogP contribution is 2.31. The molecular formula is C12H14N2S. The van der Waals surface area contributed by atoms with Crippen LogP contribution in [0.5, 0.6) is 0 Å². The van der Waals surface area contributed by atoms with Gasteiger partial charge in [-0.05, 0) is 17.5 Å². The van der Waals surface area contributed by atoms with Crippen LogP contribution >= 0.6 is 11.3 Å². The molecule has 0 aliphatic carbocycles. The molecule has 0 bridgehead atoms. The fourth-order valence-electron chi connectivity index (χ4n) is 1.58. The third-order valence-electron chi connectivity index (χ3n) is 2.38. The lowest BCUT2D eigenvalue weighted by molar-refractivity contribution is 1.14. The lowest BCUT2D eigenvalue weighted by atomic mass is 10.0. The third kappa shape index (κ3) is 2.02. The Hall–Kier alpha value is -1.35. The van der Waals surface area contributed by atoms with E-state index in [0.717, 1.165) is 11.6 Å². The van der Waals surface area contributed by atoms with Crippen molar-refractivity contribution in [3.05, 3.63) is 36.0 Å². The minimum absolute atomic E-state index is 0.968. The minimum Gasteiger partial charge on any atom is -0.365 e. The van der Waals surface area contributed by atoms with E-state index >= 15 is 0 Å². The second kappa shape index (κ2) is 4.45. The summed E-state index contributed by atoms with van der Waals surface area (Å²) in [7, 11) is 1.90. The Morgan fingerprint density at radius 3 is 2.80 bits per heavy atom. The molecule has 0 saturated carbocycles. The van der Waals surface area contributed by atoms with E-state index < -0.39 is 0 Å². The van der Waals surface area contributed by atoms with Crippen molar-refractivity contribution in [3.63, 3.8) is 0 Å². The summed E-state index contributed by atoms with van der Waals surface area (Å²) in [4.78, 5) is 5.53. The van der Waals surface area contributed by atoms with Crippen LogP contribution in [0, 0.1) is 0 Å². The zero-order chi connectivity index (χ0) is 10.7. The lowest BCUT2D eigenvalue weighted by Gasteiger charge is -2.03. The quantitative estimate of drug-likeness (QED) is 0.854.